The first kappa shape index (κ1) is 18.9. The molecule has 2 rings (SSSR count). The predicted octanol–water partition coefficient (Wildman–Crippen LogP) is 3.24. The van der Waals surface area contributed by atoms with Gasteiger partial charge in [-0.2, -0.15) is 0 Å². The second kappa shape index (κ2) is 7.65. The maximum absolute atomic E-state index is 13.4. The molecule has 0 saturated heterocycles. The monoisotopic (exact) mass is 364 g/mol. The number of hydrogen-bond donors (Lipinski definition) is 1. The van der Waals surface area contributed by atoms with Gasteiger partial charge < -0.3 is 5.32 Å². The predicted molar refractivity (Wildman–Crippen MR) is 97.8 cm³/mol. The van der Waals surface area contributed by atoms with E-state index >= 15 is 0 Å². The van der Waals surface area contributed by atoms with Crippen LogP contribution in [0.15, 0.2) is 42.5 Å². The summed E-state index contributed by atoms with van der Waals surface area (Å²) in [6, 6.07) is 11.0. The Bertz CT molecular complexity index is 882. The third-order valence-electron chi connectivity index (χ3n) is 3.71. The highest BCUT2D eigenvalue weighted by molar-refractivity contribution is 7.92. The molecular formula is C18H21FN2O3S. The van der Waals surface area contributed by atoms with E-state index in [0.29, 0.717) is 5.69 Å². The Balaban J connectivity index is 2.10. The Hall–Kier alpha value is -2.41. The summed E-state index contributed by atoms with van der Waals surface area (Å²) in [6.45, 7) is 3.73. The summed E-state index contributed by atoms with van der Waals surface area (Å²) >= 11 is 0. The van der Waals surface area contributed by atoms with Crippen LogP contribution in [-0.2, 0) is 14.8 Å². The third-order valence-corrected chi connectivity index (χ3v) is 4.90. The van der Waals surface area contributed by atoms with Crippen molar-refractivity contribution in [3.63, 3.8) is 0 Å². The van der Waals surface area contributed by atoms with Crippen molar-refractivity contribution in [3.05, 3.63) is 59.4 Å². The zero-order valence-corrected chi connectivity index (χ0v) is 15.2. The minimum Gasteiger partial charge on any atom is -0.326 e. The Morgan fingerprint density at radius 1 is 1.16 bits per heavy atom. The Morgan fingerprint density at radius 2 is 1.88 bits per heavy atom. The number of nitrogens with one attached hydrogen (secondary N) is 1. The molecule has 5 nitrogen and oxygen atoms in total. The van der Waals surface area contributed by atoms with E-state index in [1.54, 1.807) is 0 Å². The van der Waals surface area contributed by atoms with Crippen LogP contribution in [-0.4, -0.2) is 27.1 Å². The molecule has 0 heterocycles. The molecule has 0 aliphatic rings. The fourth-order valence-corrected chi connectivity index (χ4v) is 3.32. The van der Waals surface area contributed by atoms with Crippen molar-refractivity contribution < 1.29 is 17.6 Å². The van der Waals surface area contributed by atoms with Gasteiger partial charge in [0.2, 0.25) is 15.9 Å². The molecule has 0 unspecified atom stereocenters. The molecule has 0 radical (unpaired) electrons. The van der Waals surface area contributed by atoms with Crippen LogP contribution < -0.4 is 9.62 Å². The van der Waals surface area contributed by atoms with Crippen molar-refractivity contribution in [2.24, 2.45) is 0 Å². The van der Waals surface area contributed by atoms with Gasteiger partial charge in [0, 0.05) is 18.7 Å². The SMILES string of the molecule is Cc1ccc(C)c(NC(=O)CCN(c2cccc(F)c2)S(C)(=O)=O)c1. The molecule has 1 N–H and O–H groups in total. The Labute approximate surface area is 147 Å². The summed E-state index contributed by atoms with van der Waals surface area (Å²) in [5, 5.41) is 2.79. The lowest BCUT2D eigenvalue weighted by Crippen LogP contribution is -2.33. The standard InChI is InChI=1S/C18H21FN2O3S/c1-13-7-8-14(2)17(11-13)20-18(22)9-10-21(25(3,23)24)16-6-4-5-15(19)12-16/h4-8,11-12H,9-10H2,1-3H3,(H,20,22). The van der Waals surface area contributed by atoms with Crippen LogP contribution in [0.1, 0.15) is 17.5 Å². The van der Waals surface area contributed by atoms with Crippen LogP contribution in [0.4, 0.5) is 15.8 Å². The number of benzene rings is 2. The fourth-order valence-electron chi connectivity index (χ4n) is 2.40. The molecule has 25 heavy (non-hydrogen) atoms. The van der Waals surface area contributed by atoms with Gasteiger partial charge >= 0.3 is 0 Å². The summed E-state index contributed by atoms with van der Waals surface area (Å²) in [5.41, 5.74) is 2.83. The van der Waals surface area contributed by atoms with E-state index in [9.17, 15) is 17.6 Å². The normalized spacial score (nSPS) is 11.2. The van der Waals surface area contributed by atoms with Crippen LogP contribution in [0.5, 0.6) is 0 Å². The molecule has 2 aromatic rings. The van der Waals surface area contributed by atoms with Gasteiger partial charge in [0.15, 0.2) is 0 Å². The van der Waals surface area contributed by atoms with Gasteiger partial charge in [0.25, 0.3) is 0 Å². The van der Waals surface area contributed by atoms with E-state index in [4.69, 9.17) is 0 Å². The average Bonchev–Trinajstić information content (AvgIpc) is 2.50. The topological polar surface area (TPSA) is 66.5 Å². The highest BCUT2D eigenvalue weighted by Gasteiger charge is 2.19. The average molecular weight is 364 g/mol. The molecule has 134 valence electrons. The summed E-state index contributed by atoms with van der Waals surface area (Å²) < 4.78 is 38.4. The summed E-state index contributed by atoms with van der Waals surface area (Å²) in [6.07, 6.45) is 0.984. The van der Waals surface area contributed by atoms with Gasteiger partial charge in [-0.25, -0.2) is 12.8 Å². The van der Waals surface area contributed by atoms with Crippen molar-refractivity contribution in [2.75, 3.05) is 22.4 Å². The first-order valence-corrected chi connectivity index (χ1v) is 9.62. The zero-order valence-electron chi connectivity index (χ0n) is 14.4. The van der Waals surface area contributed by atoms with Crippen molar-refractivity contribution in [1.82, 2.24) is 0 Å². The molecule has 0 spiro atoms. The lowest BCUT2D eigenvalue weighted by molar-refractivity contribution is -0.116. The molecule has 0 aliphatic heterocycles. The summed E-state index contributed by atoms with van der Waals surface area (Å²) in [5.74, 6) is -0.843. The van der Waals surface area contributed by atoms with E-state index in [1.165, 1.54) is 18.2 Å². The van der Waals surface area contributed by atoms with Crippen molar-refractivity contribution in [2.45, 2.75) is 20.3 Å². The molecule has 0 aliphatic carbocycles. The van der Waals surface area contributed by atoms with Crippen molar-refractivity contribution in [1.29, 1.82) is 0 Å². The largest absolute Gasteiger partial charge is 0.326 e. The number of carbonyl (C=O) groups excluding carboxylic acids is 1. The number of anilines is 2. The minimum absolute atomic E-state index is 0.0447. The second-order valence-electron chi connectivity index (χ2n) is 5.93. The second-order valence-corrected chi connectivity index (χ2v) is 7.84. The van der Waals surface area contributed by atoms with Crippen molar-refractivity contribution >= 4 is 27.3 Å². The molecule has 0 bridgehead atoms. The molecule has 0 fully saturated rings. The maximum atomic E-state index is 13.4. The van der Waals surface area contributed by atoms with Crippen molar-refractivity contribution in [3.8, 4) is 0 Å². The van der Waals surface area contributed by atoms with Gasteiger partial charge in [-0.3, -0.25) is 9.10 Å². The van der Waals surface area contributed by atoms with E-state index in [0.717, 1.165) is 27.8 Å². The molecule has 0 saturated carbocycles. The summed E-state index contributed by atoms with van der Waals surface area (Å²) in [7, 11) is -3.63. The van der Waals surface area contributed by atoms with Gasteiger partial charge in [-0.1, -0.05) is 18.2 Å². The number of rotatable bonds is 6. The van der Waals surface area contributed by atoms with Crippen LogP contribution in [0.3, 0.4) is 0 Å². The Kier molecular flexibility index (Phi) is 5.79. The minimum atomic E-state index is -3.63. The third kappa shape index (κ3) is 5.29. The van der Waals surface area contributed by atoms with Crippen LogP contribution >= 0.6 is 0 Å². The number of amides is 1. The fraction of sp³-hybridized carbons (Fsp3) is 0.278. The highest BCUT2D eigenvalue weighted by atomic mass is 32.2. The smallest absolute Gasteiger partial charge is 0.232 e. The van der Waals surface area contributed by atoms with E-state index < -0.39 is 15.8 Å². The molecule has 2 aromatic carbocycles. The first-order valence-electron chi connectivity index (χ1n) is 7.77. The number of nitrogens with zero attached hydrogens (tertiary/aromatic N) is 1. The number of halogens is 1. The Morgan fingerprint density at radius 3 is 2.52 bits per heavy atom. The number of hydrogen-bond acceptors (Lipinski definition) is 3. The molecule has 1 amide bonds. The lowest BCUT2D eigenvalue weighted by atomic mass is 10.1. The van der Waals surface area contributed by atoms with Crippen LogP contribution in [0.2, 0.25) is 0 Å². The zero-order chi connectivity index (χ0) is 18.6. The number of sulfonamides is 1. The van der Waals surface area contributed by atoms with E-state index in [-0.39, 0.29) is 24.6 Å². The quantitative estimate of drug-likeness (QED) is 0.856. The number of carbonyl (C=O) groups is 1. The van der Waals surface area contributed by atoms with E-state index in [1.807, 2.05) is 32.0 Å². The molecule has 0 aromatic heterocycles. The lowest BCUT2D eigenvalue weighted by Gasteiger charge is -2.22. The first-order chi connectivity index (χ1) is 11.7. The number of aryl methyl sites for hydroxylation is 2. The van der Waals surface area contributed by atoms with Crippen LogP contribution in [0.25, 0.3) is 0 Å². The maximum Gasteiger partial charge on any atom is 0.232 e. The molecule has 0 atom stereocenters. The van der Waals surface area contributed by atoms with Gasteiger partial charge in [-0.05, 0) is 49.2 Å². The van der Waals surface area contributed by atoms with E-state index in [2.05, 4.69) is 5.32 Å². The van der Waals surface area contributed by atoms with Crippen LogP contribution in [0, 0.1) is 19.7 Å². The van der Waals surface area contributed by atoms with Gasteiger partial charge in [-0.15, -0.1) is 0 Å². The summed E-state index contributed by atoms with van der Waals surface area (Å²) in [4.78, 5) is 12.2. The van der Waals surface area contributed by atoms with Gasteiger partial charge in [0.1, 0.15) is 5.82 Å². The highest BCUT2D eigenvalue weighted by Crippen LogP contribution is 2.20. The molecular weight excluding hydrogens is 343 g/mol. The van der Waals surface area contributed by atoms with Gasteiger partial charge in [0.05, 0.1) is 11.9 Å². The molecule has 7 heteroatoms.